The predicted molar refractivity (Wildman–Crippen MR) is 77.7 cm³/mol. The fourth-order valence-corrected chi connectivity index (χ4v) is 2.71. The summed E-state index contributed by atoms with van der Waals surface area (Å²) in [6.45, 7) is 8.48. The minimum Gasteiger partial charge on any atom is -0.362 e. The van der Waals surface area contributed by atoms with Crippen LogP contribution in [0.4, 0.5) is 0 Å². The summed E-state index contributed by atoms with van der Waals surface area (Å²) in [5.74, 6) is 0.241. The van der Waals surface area contributed by atoms with E-state index in [-0.39, 0.29) is 11.8 Å². The summed E-state index contributed by atoms with van der Waals surface area (Å²) < 4.78 is 0. The number of aromatic nitrogens is 1. The first-order valence-corrected chi connectivity index (χ1v) is 7.26. The average molecular weight is 277 g/mol. The quantitative estimate of drug-likeness (QED) is 0.895. The van der Waals surface area contributed by atoms with Crippen molar-refractivity contribution in [1.82, 2.24) is 14.8 Å². The Morgan fingerprint density at radius 1 is 1.15 bits per heavy atom. The molecule has 5 heteroatoms. The second kappa shape index (κ2) is 6.11. The Bertz CT molecular complexity index is 507. The van der Waals surface area contributed by atoms with Crippen molar-refractivity contribution in [1.29, 1.82) is 0 Å². The number of carbonyl (C=O) groups excluding carboxylic acids is 2. The van der Waals surface area contributed by atoms with Crippen molar-refractivity contribution in [2.24, 2.45) is 0 Å². The predicted octanol–water partition coefficient (Wildman–Crippen LogP) is 1.72. The molecule has 1 aliphatic heterocycles. The van der Waals surface area contributed by atoms with Crippen molar-refractivity contribution in [3.8, 4) is 0 Å². The number of nitrogens with zero attached hydrogens (tertiary/aromatic N) is 2. The molecule has 5 nitrogen and oxygen atoms in total. The van der Waals surface area contributed by atoms with E-state index in [1.807, 2.05) is 36.6 Å². The fraction of sp³-hybridized carbons (Fsp3) is 0.600. The highest BCUT2D eigenvalue weighted by Gasteiger charge is 2.23. The molecule has 0 unspecified atom stereocenters. The van der Waals surface area contributed by atoms with E-state index in [1.165, 1.54) is 0 Å². The van der Waals surface area contributed by atoms with Crippen LogP contribution in [0.1, 0.15) is 41.5 Å². The van der Waals surface area contributed by atoms with E-state index in [0.29, 0.717) is 19.5 Å². The Hall–Kier alpha value is -1.78. The molecule has 0 spiro atoms. The van der Waals surface area contributed by atoms with Crippen molar-refractivity contribution in [3.05, 3.63) is 23.0 Å². The van der Waals surface area contributed by atoms with Crippen LogP contribution in [0.2, 0.25) is 0 Å². The molecule has 0 aromatic carbocycles. The first-order valence-electron chi connectivity index (χ1n) is 7.26. The Kier molecular flexibility index (Phi) is 4.47. The van der Waals surface area contributed by atoms with Gasteiger partial charge in [-0.2, -0.15) is 0 Å². The van der Waals surface area contributed by atoms with Gasteiger partial charge in [-0.15, -0.1) is 0 Å². The molecule has 2 amide bonds. The Labute approximate surface area is 119 Å². The van der Waals surface area contributed by atoms with Crippen LogP contribution in [0, 0.1) is 13.8 Å². The van der Waals surface area contributed by atoms with E-state index in [9.17, 15) is 9.59 Å². The first kappa shape index (κ1) is 14.6. The van der Waals surface area contributed by atoms with Gasteiger partial charge in [-0.05, 0) is 26.3 Å². The van der Waals surface area contributed by atoms with Gasteiger partial charge in [0.15, 0.2) is 0 Å². The van der Waals surface area contributed by atoms with Gasteiger partial charge in [0.25, 0.3) is 5.91 Å². The van der Waals surface area contributed by atoms with E-state index in [4.69, 9.17) is 0 Å². The molecule has 0 radical (unpaired) electrons. The van der Waals surface area contributed by atoms with E-state index >= 15 is 0 Å². The van der Waals surface area contributed by atoms with Gasteiger partial charge in [0.2, 0.25) is 5.91 Å². The summed E-state index contributed by atoms with van der Waals surface area (Å²) in [4.78, 5) is 31.2. The fourth-order valence-electron chi connectivity index (χ4n) is 2.71. The molecule has 110 valence electrons. The highest BCUT2D eigenvalue weighted by atomic mass is 16.2. The maximum Gasteiger partial charge on any atom is 0.255 e. The largest absolute Gasteiger partial charge is 0.362 e. The number of aromatic amines is 1. The van der Waals surface area contributed by atoms with Gasteiger partial charge < -0.3 is 14.8 Å². The van der Waals surface area contributed by atoms with Gasteiger partial charge in [-0.25, -0.2) is 0 Å². The van der Waals surface area contributed by atoms with E-state index < -0.39 is 0 Å². The second-order valence-corrected chi connectivity index (χ2v) is 5.37. The Balaban J connectivity index is 2.05. The third-order valence-electron chi connectivity index (χ3n) is 3.82. The zero-order valence-electron chi connectivity index (χ0n) is 12.5. The summed E-state index contributed by atoms with van der Waals surface area (Å²) >= 11 is 0. The molecule has 1 N–H and O–H groups in total. The summed E-state index contributed by atoms with van der Waals surface area (Å²) in [5, 5.41) is 0. The van der Waals surface area contributed by atoms with Gasteiger partial charge in [-0.1, -0.05) is 6.92 Å². The van der Waals surface area contributed by atoms with Crippen molar-refractivity contribution >= 4 is 11.8 Å². The summed E-state index contributed by atoms with van der Waals surface area (Å²) in [7, 11) is 0. The van der Waals surface area contributed by atoms with Crippen LogP contribution in [0.25, 0.3) is 0 Å². The molecule has 0 saturated carbocycles. The smallest absolute Gasteiger partial charge is 0.255 e. The van der Waals surface area contributed by atoms with Gasteiger partial charge in [0, 0.05) is 44.0 Å². The molecule has 1 aromatic heterocycles. The number of rotatable bonds is 2. The standard InChI is InChI=1S/C15H23N3O2/c1-4-14(19)17-6-5-7-18(9-8-17)15(20)13-10-11(2)16-12(13)3/h10,16H,4-9H2,1-3H3. The topological polar surface area (TPSA) is 56.4 Å². The van der Waals surface area contributed by atoms with Crippen molar-refractivity contribution in [2.45, 2.75) is 33.6 Å². The summed E-state index contributed by atoms with van der Waals surface area (Å²) in [6.07, 6.45) is 1.38. The number of H-pyrrole nitrogens is 1. The molecular formula is C15H23N3O2. The number of hydrogen-bond acceptors (Lipinski definition) is 2. The number of aryl methyl sites for hydroxylation is 2. The van der Waals surface area contributed by atoms with Crippen LogP contribution in [0.5, 0.6) is 0 Å². The molecule has 0 atom stereocenters. The monoisotopic (exact) mass is 277 g/mol. The second-order valence-electron chi connectivity index (χ2n) is 5.37. The lowest BCUT2D eigenvalue weighted by Gasteiger charge is -2.21. The molecule has 2 rings (SSSR count). The molecule has 1 fully saturated rings. The lowest BCUT2D eigenvalue weighted by atomic mass is 10.2. The zero-order valence-corrected chi connectivity index (χ0v) is 12.5. The number of hydrogen-bond donors (Lipinski definition) is 1. The lowest BCUT2D eigenvalue weighted by molar-refractivity contribution is -0.130. The number of amides is 2. The van der Waals surface area contributed by atoms with Crippen molar-refractivity contribution in [2.75, 3.05) is 26.2 Å². The summed E-state index contributed by atoms with van der Waals surface area (Å²) in [6, 6.07) is 1.90. The van der Waals surface area contributed by atoms with Crippen LogP contribution in [0.15, 0.2) is 6.07 Å². The van der Waals surface area contributed by atoms with Crippen LogP contribution < -0.4 is 0 Å². The number of carbonyl (C=O) groups is 2. The van der Waals surface area contributed by atoms with Crippen LogP contribution >= 0.6 is 0 Å². The Morgan fingerprint density at radius 2 is 1.80 bits per heavy atom. The molecule has 1 aliphatic rings. The molecule has 1 aromatic rings. The van der Waals surface area contributed by atoms with Crippen molar-refractivity contribution in [3.63, 3.8) is 0 Å². The average Bonchev–Trinajstić information content (AvgIpc) is 2.66. The SMILES string of the molecule is CCC(=O)N1CCCN(C(=O)c2cc(C)[nH]c2C)CC1. The third kappa shape index (κ3) is 3.03. The first-order chi connectivity index (χ1) is 9.52. The van der Waals surface area contributed by atoms with Crippen molar-refractivity contribution < 1.29 is 9.59 Å². The van der Waals surface area contributed by atoms with Gasteiger partial charge >= 0.3 is 0 Å². The summed E-state index contributed by atoms with van der Waals surface area (Å²) in [5.41, 5.74) is 2.67. The van der Waals surface area contributed by atoms with Crippen LogP contribution in [0.3, 0.4) is 0 Å². The molecule has 20 heavy (non-hydrogen) atoms. The van der Waals surface area contributed by atoms with Crippen LogP contribution in [-0.2, 0) is 4.79 Å². The molecular weight excluding hydrogens is 254 g/mol. The molecule has 0 aliphatic carbocycles. The maximum absolute atomic E-state index is 12.5. The van der Waals surface area contributed by atoms with Crippen LogP contribution in [-0.4, -0.2) is 52.8 Å². The molecule has 2 heterocycles. The van der Waals surface area contributed by atoms with E-state index in [1.54, 1.807) is 0 Å². The van der Waals surface area contributed by atoms with Gasteiger partial charge in [0.1, 0.15) is 0 Å². The molecule has 0 bridgehead atoms. The van der Waals surface area contributed by atoms with E-state index in [0.717, 1.165) is 36.5 Å². The Morgan fingerprint density at radius 3 is 2.40 bits per heavy atom. The zero-order chi connectivity index (χ0) is 14.7. The highest BCUT2D eigenvalue weighted by molar-refractivity contribution is 5.95. The highest BCUT2D eigenvalue weighted by Crippen LogP contribution is 2.14. The third-order valence-corrected chi connectivity index (χ3v) is 3.82. The maximum atomic E-state index is 12.5. The van der Waals surface area contributed by atoms with Gasteiger partial charge in [-0.3, -0.25) is 9.59 Å². The minimum absolute atomic E-state index is 0.0673. The van der Waals surface area contributed by atoms with E-state index in [2.05, 4.69) is 4.98 Å². The lowest BCUT2D eigenvalue weighted by Crippen LogP contribution is -2.37. The normalized spacial score (nSPS) is 16.1. The number of nitrogens with one attached hydrogen (secondary N) is 1. The minimum atomic E-state index is 0.0673. The van der Waals surface area contributed by atoms with Gasteiger partial charge in [0.05, 0.1) is 5.56 Å². The molecule has 1 saturated heterocycles.